The van der Waals surface area contributed by atoms with Crippen molar-refractivity contribution in [2.45, 2.75) is 53.1 Å². The molecular weight excluding hydrogens is 278 g/mol. The van der Waals surface area contributed by atoms with Gasteiger partial charge in [0.25, 0.3) is 5.56 Å². The summed E-state index contributed by atoms with van der Waals surface area (Å²) < 4.78 is 0. The molecule has 0 aliphatic carbocycles. The first-order valence-electron chi connectivity index (χ1n) is 7.80. The lowest BCUT2D eigenvalue weighted by molar-refractivity contribution is 0.236. The Morgan fingerprint density at radius 2 is 2.00 bits per heavy atom. The number of hydrogen-bond donors (Lipinski definition) is 2. The zero-order valence-electron chi connectivity index (χ0n) is 13.7. The summed E-state index contributed by atoms with van der Waals surface area (Å²) in [6.45, 7) is 10.4. The normalized spacial score (nSPS) is 15.3. The Kier molecular flexibility index (Phi) is 3.87. The van der Waals surface area contributed by atoms with Gasteiger partial charge in [0.05, 0.1) is 23.5 Å². The van der Waals surface area contributed by atoms with Crippen molar-refractivity contribution in [3.05, 3.63) is 44.6 Å². The lowest BCUT2D eigenvalue weighted by Crippen LogP contribution is -2.36. The highest BCUT2D eigenvalue weighted by molar-refractivity contribution is 5.22. The van der Waals surface area contributed by atoms with E-state index >= 15 is 0 Å². The van der Waals surface area contributed by atoms with Gasteiger partial charge >= 0.3 is 0 Å². The highest BCUT2D eigenvalue weighted by Gasteiger charge is 2.22. The van der Waals surface area contributed by atoms with Crippen molar-refractivity contribution in [2.75, 3.05) is 6.54 Å². The van der Waals surface area contributed by atoms with Crippen molar-refractivity contribution in [1.29, 1.82) is 0 Å². The fourth-order valence-corrected chi connectivity index (χ4v) is 2.82. The molecule has 1 aliphatic heterocycles. The van der Waals surface area contributed by atoms with Crippen LogP contribution in [0.25, 0.3) is 0 Å². The molecule has 6 nitrogen and oxygen atoms in total. The fourth-order valence-electron chi connectivity index (χ4n) is 2.82. The Hall–Kier alpha value is -1.95. The molecule has 1 aliphatic rings. The minimum atomic E-state index is 0.00482. The van der Waals surface area contributed by atoms with Gasteiger partial charge in [-0.15, -0.1) is 0 Å². The van der Waals surface area contributed by atoms with Gasteiger partial charge in [-0.05, 0) is 13.8 Å². The molecule has 2 N–H and O–H groups in total. The van der Waals surface area contributed by atoms with E-state index in [9.17, 15) is 4.79 Å². The second-order valence-corrected chi connectivity index (χ2v) is 6.39. The van der Waals surface area contributed by atoms with Crippen LogP contribution in [-0.4, -0.2) is 31.4 Å². The van der Waals surface area contributed by atoms with E-state index in [0.717, 1.165) is 53.8 Å². The fraction of sp³-hybridized carbons (Fsp3) is 0.562. The SMILES string of the molecule is Cc1nc(CN2CCc3nc(C(C)C)[nH]c(=O)c3C2)[nH]c1C. The van der Waals surface area contributed by atoms with E-state index in [1.54, 1.807) is 0 Å². The predicted molar refractivity (Wildman–Crippen MR) is 84.8 cm³/mol. The van der Waals surface area contributed by atoms with E-state index in [0.29, 0.717) is 6.54 Å². The van der Waals surface area contributed by atoms with Crippen molar-refractivity contribution < 1.29 is 0 Å². The molecule has 0 aromatic carbocycles. The van der Waals surface area contributed by atoms with E-state index in [1.807, 2.05) is 27.7 Å². The van der Waals surface area contributed by atoms with Crippen molar-refractivity contribution in [3.63, 3.8) is 0 Å². The maximum absolute atomic E-state index is 12.3. The molecule has 3 heterocycles. The molecule has 3 rings (SSSR count). The summed E-state index contributed by atoms with van der Waals surface area (Å²) >= 11 is 0. The molecule has 0 atom stereocenters. The molecule has 0 saturated heterocycles. The third kappa shape index (κ3) is 2.83. The van der Waals surface area contributed by atoms with Crippen LogP contribution in [0.3, 0.4) is 0 Å². The Morgan fingerprint density at radius 1 is 1.23 bits per heavy atom. The number of imidazole rings is 1. The van der Waals surface area contributed by atoms with Crippen molar-refractivity contribution in [2.24, 2.45) is 0 Å². The van der Waals surface area contributed by atoms with Crippen LogP contribution in [0, 0.1) is 13.8 Å². The zero-order valence-corrected chi connectivity index (χ0v) is 13.7. The molecule has 0 fully saturated rings. The number of fused-ring (bicyclic) bond motifs is 1. The Labute approximate surface area is 130 Å². The molecule has 2 aromatic rings. The lowest BCUT2D eigenvalue weighted by atomic mass is 10.1. The molecule has 2 aromatic heterocycles. The van der Waals surface area contributed by atoms with Crippen LogP contribution >= 0.6 is 0 Å². The van der Waals surface area contributed by atoms with Crippen LogP contribution in [0.1, 0.15) is 54.1 Å². The highest BCUT2D eigenvalue weighted by atomic mass is 16.1. The standard InChI is InChI=1S/C16H23N5O/c1-9(2)15-19-13-5-6-21(7-12(13)16(22)20-15)8-14-17-10(3)11(4)18-14/h9H,5-8H2,1-4H3,(H,17,18)(H,19,20,22). The van der Waals surface area contributed by atoms with Crippen LogP contribution in [0.2, 0.25) is 0 Å². The quantitative estimate of drug-likeness (QED) is 0.906. The first-order chi connectivity index (χ1) is 10.4. The minimum Gasteiger partial charge on any atom is -0.345 e. The van der Waals surface area contributed by atoms with E-state index in [1.165, 1.54) is 0 Å². The molecule has 118 valence electrons. The smallest absolute Gasteiger partial charge is 0.255 e. The molecule has 22 heavy (non-hydrogen) atoms. The van der Waals surface area contributed by atoms with Gasteiger partial charge in [-0.2, -0.15) is 0 Å². The van der Waals surface area contributed by atoms with Crippen molar-refractivity contribution in [1.82, 2.24) is 24.8 Å². The third-order valence-electron chi connectivity index (χ3n) is 4.26. The van der Waals surface area contributed by atoms with Crippen LogP contribution < -0.4 is 5.56 Å². The van der Waals surface area contributed by atoms with Gasteiger partial charge < -0.3 is 9.97 Å². The first kappa shape index (κ1) is 15.0. The van der Waals surface area contributed by atoms with Crippen LogP contribution in [0.4, 0.5) is 0 Å². The number of aryl methyl sites for hydroxylation is 2. The van der Waals surface area contributed by atoms with Crippen LogP contribution in [0.15, 0.2) is 4.79 Å². The summed E-state index contributed by atoms with van der Waals surface area (Å²) in [5, 5.41) is 0. The van der Waals surface area contributed by atoms with Crippen molar-refractivity contribution in [3.8, 4) is 0 Å². The summed E-state index contributed by atoms with van der Waals surface area (Å²) in [5.41, 5.74) is 3.90. The van der Waals surface area contributed by atoms with Gasteiger partial charge in [-0.1, -0.05) is 13.8 Å². The average molecular weight is 301 g/mol. The minimum absolute atomic E-state index is 0.00482. The summed E-state index contributed by atoms with van der Waals surface area (Å²) in [7, 11) is 0. The largest absolute Gasteiger partial charge is 0.345 e. The number of nitrogens with one attached hydrogen (secondary N) is 2. The van der Waals surface area contributed by atoms with Crippen molar-refractivity contribution >= 4 is 0 Å². The molecule has 6 heteroatoms. The highest BCUT2D eigenvalue weighted by Crippen LogP contribution is 2.18. The van der Waals surface area contributed by atoms with E-state index in [4.69, 9.17) is 0 Å². The number of rotatable bonds is 3. The van der Waals surface area contributed by atoms with Gasteiger partial charge in [0.2, 0.25) is 0 Å². The van der Waals surface area contributed by atoms with E-state index in [2.05, 4.69) is 24.8 Å². The molecule has 0 saturated carbocycles. The number of hydrogen-bond acceptors (Lipinski definition) is 4. The van der Waals surface area contributed by atoms with E-state index < -0.39 is 0 Å². The Morgan fingerprint density at radius 3 is 2.64 bits per heavy atom. The van der Waals surface area contributed by atoms with Gasteiger partial charge in [0.1, 0.15) is 11.6 Å². The number of aromatic amines is 2. The monoisotopic (exact) mass is 301 g/mol. The Bertz CT molecular complexity index is 724. The summed E-state index contributed by atoms with van der Waals surface area (Å²) in [6.07, 6.45) is 0.817. The van der Waals surface area contributed by atoms with Gasteiger partial charge in [-0.3, -0.25) is 9.69 Å². The summed E-state index contributed by atoms with van der Waals surface area (Å²) in [5.74, 6) is 1.99. The number of H-pyrrole nitrogens is 2. The maximum atomic E-state index is 12.3. The topological polar surface area (TPSA) is 77.7 Å². The second-order valence-electron chi connectivity index (χ2n) is 6.39. The summed E-state index contributed by atoms with van der Waals surface area (Å²) in [4.78, 5) is 29.9. The molecule has 0 radical (unpaired) electrons. The van der Waals surface area contributed by atoms with E-state index in [-0.39, 0.29) is 11.5 Å². The molecule has 0 spiro atoms. The first-order valence-corrected chi connectivity index (χ1v) is 7.80. The van der Waals surface area contributed by atoms with Gasteiger partial charge in [0.15, 0.2) is 0 Å². The second kappa shape index (κ2) is 5.68. The summed E-state index contributed by atoms with van der Waals surface area (Å²) in [6, 6.07) is 0. The van der Waals surface area contributed by atoms with Gasteiger partial charge in [-0.25, -0.2) is 9.97 Å². The van der Waals surface area contributed by atoms with Gasteiger partial charge in [0, 0.05) is 31.1 Å². The zero-order chi connectivity index (χ0) is 15.9. The third-order valence-corrected chi connectivity index (χ3v) is 4.26. The molecule has 0 unspecified atom stereocenters. The number of nitrogens with zero attached hydrogens (tertiary/aromatic N) is 3. The lowest BCUT2D eigenvalue weighted by Gasteiger charge is -2.27. The molecular formula is C16H23N5O. The van der Waals surface area contributed by atoms with Crippen LogP contribution in [0.5, 0.6) is 0 Å². The predicted octanol–water partition coefficient (Wildman–Crippen LogP) is 1.79. The van der Waals surface area contributed by atoms with Crippen LogP contribution in [-0.2, 0) is 19.5 Å². The number of aromatic nitrogens is 4. The molecule has 0 bridgehead atoms. The maximum Gasteiger partial charge on any atom is 0.255 e. The Balaban J connectivity index is 1.80. The molecule has 0 amide bonds. The average Bonchev–Trinajstić information content (AvgIpc) is 2.77.